The quantitative estimate of drug-likeness (QED) is 0.427. The fraction of sp³-hybridized carbons (Fsp3) is 0.750. The molecular weight excluding hydrogens is 252 g/mol. The van der Waals surface area contributed by atoms with Gasteiger partial charge in [0.15, 0.2) is 0 Å². The molecule has 0 radical (unpaired) electrons. The zero-order chi connectivity index (χ0) is 14.7. The van der Waals surface area contributed by atoms with Crippen LogP contribution in [0.3, 0.4) is 0 Å². The molecule has 0 spiro atoms. The number of aliphatic carboxylic acids is 1. The second-order valence-corrected chi connectivity index (χ2v) is 4.29. The Morgan fingerprint density at radius 3 is 2.47 bits per heavy atom. The first-order chi connectivity index (χ1) is 8.95. The van der Waals surface area contributed by atoms with Crippen LogP contribution in [0.15, 0.2) is 0 Å². The highest BCUT2D eigenvalue weighted by atomic mass is 16.5. The zero-order valence-corrected chi connectivity index (χ0v) is 11.4. The number of urea groups is 1. The van der Waals surface area contributed by atoms with E-state index in [1.807, 2.05) is 0 Å². The van der Waals surface area contributed by atoms with Crippen molar-refractivity contribution in [1.82, 2.24) is 10.6 Å². The van der Waals surface area contributed by atoms with E-state index in [1.54, 1.807) is 6.92 Å². The second-order valence-electron chi connectivity index (χ2n) is 4.29. The molecule has 0 aliphatic rings. The molecule has 19 heavy (non-hydrogen) atoms. The molecule has 0 aromatic carbocycles. The SMILES string of the molecule is COC(=O)CC(C)NC(=O)NCCCCCC(=O)O. The van der Waals surface area contributed by atoms with Gasteiger partial charge in [0.1, 0.15) is 0 Å². The van der Waals surface area contributed by atoms with Crippen LogP contribution in [0.1, 0.15) is 39.0 Å². The Labute approximate surface area is 112 Å². The Balaban J connectivity index is 3.53. The van der Waals surface area contributed by atoms with E-state index in [2.05, 4.69) is 15.4 Å². The van der Waals surface area contributed by atoms with Crippen LogP contribution in [0.25, 0.3) is 0 Å². The van der Waals surface area contributed by atoms with E-state index in [1.165, 1.54) is 7.11 Å². The number of unbranched alkanes of at least 4 members (excludes halogenated alkanes) is 2. The molecular formula is C12H22N2O5. The number of methoxy groups -OCH3 is 1. The fourth-order valence-corrected chi connectivity index (χ4v) is 1.44. The van der Waals surface area contributed by atoms with E-state index in [9.17, 15) is 14.4 Å². The third-order valence-electron chi connectivity index (χ3n) is 2.43. The minimum Gasteiger partial charge on any atom is -0.481 e. The average Bonchev–Trinajstić information content (AvgIpc) is 2.32. The highest BCUT2D eigenvalue weighted by Crippen LogP contribution is 1.98. The third-order valence-corrected chi connectivity index (χ3v) is 2.43. The number of ether oxygens (including phenoxy) is 1. The number of nitrogens with one attached hydrogen (secondary N) is 2. The largest absolute Gasteiger partial charge is 0.481 e. The van der Waals surface area contributed by atoms with Gasteiger partial charge >= 0.3 is 18.0 Å². The van der Waals surface area contributed by atoms with Crippen LogP contribution < -0.4 is 10.6 Å². The van der Waals surface area contributed by atoms with Crippen molar-refractivity contribution >= 4 is 18.0 Å². The lowest BCUT2D eigenvalue weighted by molar-refractivity contribution is -0.141. The zero-order valence-electron chi connectivity index (χ0n) is 11.4. The van der Waals surface area contributed by atoms with Crippen LogP contribution >= 0.6 is 0 Å². The van der Waals surface area contributed by atoms with Crippen molar-refractivity contribution in [3.05, 3.63) is 0 Å². The maximum atomic E-state index is 11.4. The van der Waals surface area contributed by atoms with Crippen LogP contribution in [-0.2, 0) is 14.3 Å². The van der Waals surface area contributed by atoms with E-state index in [0.29, 0.717) is 13.0 Å². The lowest BCUT2D eigenvalue weighted by atomic mass is 10.2. The second kappa shape index (κ2) is 10.2. The molecule has 110 valence electrons. The first kappa shape index (κ1) is 17.2. The molecule has 0 rings (SSSR count). The van der Waals surface area contributed by atoms with Gasteiger partial charge in [-0.2, -0.15) is 0 Å². The fourth-order valence-electron chi connectivity index (χ4n) is 1.44. The standard InChI is InChI=1S/C12H22N2O5/c1-9(8-11(17)19-2)14-12(18)13-7-5-3-4-6-10(15)16/h9H,3-8H2,1-2H3,(H,15,16)(H2,13,14,18). The van der Waals surface area contributed by atoms with Crippen molar-refractivity contribution < 1.29 is 24.2 Å². The summed E-state index contributed by atoms with van der Waals surface area (Å²) in [6.45, 7) is 2.19. The van der Waals surface area contributed by atoms with E-state index < -0.39 is 5.97 Å². The van der Waals surface area contributed by atoms with Gasteiger partial charge in [0.25, 0.3) is 0 Å². The molecule has 0 aliphatic heterocycles. The molecule has 3 N–H and O–H groups in total. The molecule has 0 aromatic rings. The van der Waals surface area contributed by atoms with Gasteiger partial charge in [0, 0.05) is 19.0 Å². The molecule has 0 aliphatic carbocycles. The summed E-state index contributed by atoms with van der Waals surface area (Å²) < 4.78 is 4.49. The number of carboxylic acids is 1. The van der Waals surface area contributed by atoms with Crippen molar-refractivity contribution in [2.24, 2.45) is 0 Å². The van der Waals surface area contributed by atoms with Gasteiger partial charge in [0.2, 0.25) is 0 Å². The van der Waals surface area contributed by atoms with Gasteiger partial charge in [-0.05, 0) is 19.8 Å². The number of amides is 2. The van der Waals surface area contributed by atoms with Crippen LogP contribution in [0.2, 0.25) is 0 Å². The highest BCUT2D eigenvalue weighted by Gasteiger charge is 2.11. The van der Waals surface area contributed by atoms with E-state index >= 15 is 0 Å². The normalized spacial score (nSPS) is 11.5. The smallest absolute Gasteiger partial charge is 0.315 e. The van der Waals surface area contributed by atoms with E-state index in [0.717, 1.165) is 12.8 Å². The van der Waals surface area contributed by atoms with Crippen LogP contribution in [0.4, 0.5) is 4.79 Å². The molecule has 0 fully saturated rings. The lowest BCUT2D eigenvalue weighted by Gasteiger charge is -2.13. The summed E-state index contributed by atoms with van der Waals surface area (Å²) in [6, 6.07) is -0.630. The Bertz CT molecular complexity index is 306. The number of carboxylic acid groups (broad SMARTS) is 1. The lowest BCUT2D eigenvalue weighted by Crippen LogP contribution is -2.42. The topological polar surface area (TPSA) is 105 Å². The molecule has 1 atom stereocenters. The van der Waals surface area contributed by atoms with Gasteiger partial charge in [0.05, 0.1) is 13.5 Å². The molecule has 7 nitrogen and oxygen atoms in total. The third kappa shape index (κ3) is 11.1. The molecule has 0 heterocycles. The molecule has 1 unspecified atom stereocenters. The van der Waals surface area contributed by atoms with Gasteiger partial charge in [-0.25, -0.2) is 4.79 Å². The first-order valence-electron chi connectivity index (χ1n) is 6.28. The minimum atomic E-state index is -0.803. The molecule has 0 saturated heterocycles. The Morgan fingerprint density at radius 1 is 1.21 bits per heavy atom. The van der Waals surface area contributed by atoms with Crippen molar-refractivity contribution in [3.63, 3.8) is 0 Å². The number of hydrogen-bond acceptors (Lipinski definition) is 4. The maximum Gasteiger partial charge on any atom is 0.315 e. The van der Waals surface area contributed by atoms with Crippen molar-refractivity contribution in [1.29, 1.82) is 0 Å². The summed E-state index contributed by atoms with van der Waals surface area (Å²) >= 11 is 0. The van der Waals surface area contributed by atoms with Gasteiger partial charge in [-0.3, -0.25) is 9.59 Å². The van der Waals surface area contributed by atoms with Crippen molar-refractivity contribution in [2.75, 3.05) is 13.7 Å². The molecule has 0 bridgehead atoms. The highest BCUT2D eigenvalue weighted by molar-refractivity contribution is 5.76. The first-order valence-corrected chi connectivity index (χ1v) is 6.28. The number of hydrogen-bond donors (Lipinski definition) is 3. The van der Waals surface area contributed by atoms with E-state index in [4.69, 9.17) is 5.11 Å². The Hall–Kier alpha value is -1.79. The molecule has 7 heteroatoms. The van der Waals surface area contributed by atoms with Gasteiger partial charge in [-0.1, -0.05) is 6.42 Å². The minimum absolute atomic E-state index is 0.128. The molecule has 2 amide bonds. The number of esters is 1. The van der Waals surface area contributed by atoms with Gasteiger partial charge in [-0.15, -0.1) is 0 Å². The summed E-state index contributed by atoms with van der Waals surface area (Å²) in [5, 5.41) is 13.7. The number of carbonyl (C=O) groups excluding carboxylic acids is 2. The summed E-state index contributed by atoms with van der Waals surface area (Å²) in [6.07, 6.45) is 2.37. The van der Waals surface area contributed by atoms with Crippen molar-refractivity contribution in [3.8, 4) is 0 Å². The Morgan fingerprint density at radius 2 is 1.89 bits per heavy atom. The van der Waals surface area contributed by atoms with E-state index in [-0.39, 0.29) is 30.9 Å². The monoisotopic (exact) mass is 274 g/mol. The average molecular weight is 274 g/mol. The summed E-state index contributed by atoms with van der Waals surface area (Å²) in [4.78, 5) is 32.6. The van der Waals surface area contributed by atoms with Crippen LogP contribution in [0.5, 0.6) is 0 Å². The maximum absolute atomic E-state index is 11.4. The Kier molecular flexibility index (Phi) is 9.20. The summed E-state index contributed by atoms with van der Waals surface area (Å²) in [7, 11) is 1.30. The van der Waals surface area contributed by atoms with Crippen LogP contribution in [-0.4, -0.2) is 42.8 Å². The predicted octanol–water partition coefficient (Wildman–Crippen LogP) is 0.882. The van der Waals surface area contributed by atoms with Crippen molar-refractivity contribution in [2.45, 2.75) is 45.1 Å². The predicted molar refractivity (Wildman–Crippen MR) is 68.7 cm³/mol. The molecule has 0 saturated carbocycles. The van der Waals surface area contributed by atoms with Crippen LogP contribution in [0, 0.1) is 0 Å². The number of carbonyl (C=O) groups is 3. The van der Waals surface area contributed by atoms with Gasteiger partial charge < -0.3 is 20.5 Å². The number of rotatable bonds is 9. The molecule has 0 aromatic heterocycles. The summed E-state index contributed by atoms with van der Waals surface area (Å²) in [5.74, 6) is -1.18. The summed E-state index contributed by atoms with van der Waals surface area (Å²) in [5.41, 5.74) is 0.